The van der Waals surface area contributed by atoms with Crippen molar-refractivity contribution in [2.75, 3.05) is 6.61 Å². The maximum absolute atomic E-state index is 12.3. The zero-order chi connectivity index (χ0) is 13.5. The molecule has 2 rings (SSSR count). The van der Waals surface area contributed by atoms with Crippen LogP contribution in [-0.4, -0.2) is 12.6 Å². The second kappa shape index (κ2) is 7.91. The van der Waals surface area contributed by atoms with Gasteiger partial charge >= 0.3 is 5.97 Å². The van der Waals surface area contributed by atoms with Gasteiger partial charge in [-0.05, 0) is 38.0 Å². The smallest absolute Gasteiger partial charge is 0.309 e. The minimum atomic E-state index is 0.0972. The van der Waals surface area contributed by atoms with Gasteiger partial charge in [0.2, 0.25) is 0 Å². The molecular weight excluding hydrogens is 236 g/mol. The van der Waals surface area contributed by atoms with Crippen LogP contribution in [0.3, 0.4) is 0 Å². The summed E-state index contributed by atoms with van der Waals surface area (Å²) in [7, 11) is 0. The number of hydrogen-bond acceptors (Lipinski definition) is 2. The molecule has 0 aliphatic heterocycles. The van der Waals surface area contributed by atoms with Crippen LogP contribution in [0, 0.1) is 17.8 Å². The van der Waals surface area contributed by atoms with Gasteiger partial charge in [-0.2, -0.15) is 0 Å². The van der Waals surface area contributed by atoms with Gasteiger partial charge in [-0.3, -0.25) is 4.79 Å². The van der Waals surface area contributed by atoms with Crippen LogP contribution < -0.4 is 0 Å². The van der Waals surface area contributed by atoms with Crippen molar-refractivity contribution in [3.8, 4) is 0 Å². The molecule has 1 unspecified atom stereocenters. The Labute approximate surface area is 118 Å². The quantitative estimate of drug-likeness (QED) is 0.673. The predicted octanol–water partition coefficient (Wildman–Crippen LogP) is 4.72. The molecule has 0 amide bonds. The first-order valence-electron chi connectivity index (χ1n) is 8.48. The van der Waals surface area contributed by atoms with Gasteiger partial charge in [0.1, 0.15) is 0 Å². The van der Waals surface area contributed by atoms with Crippen molar-refractivity contribution in [2.45, 2.75) is 77.6 Å². The average Bonchev–Trinajstić information content (AvgIpc) is 2.47. The Morgan fingerprint density at radius 3 is 2.16 bits per heavy atom. The van der Waals surface area contributed by atoms with Crippen LogP contribution in [0.15, 0.2) is 0 Å². The molecule has 0 N–H and O–H groups in total. The molecule has 0 bridgehead atoms. The van der Waals surface area contributed by atoms with E-state index in [1.54, 1.807) is 0 Å². The first-order valence-corrected chi connectivity index (χ1v) is 8.48. The van der Waals surface area contributed by atoms with E-state index in [9.17, 15) is 4.79 Å². The van der Waals surface area contributed by atoms with E-state index >= 15 is 0 Å². The Bertz CT molecular complexity index is 262. The second-order valence-corrected chi connectivity index (χ2v) is 6.50. The van der Waals surface area contributed by atoms with Crippen molar-refractivity contribution >= 4 is 5.97 Å². The molecule has 19 heavy (non-hydrogen) atoms. The number of carbonyl (C=O) groups is 1. The molecule has 2 nitrogen and oxygen atoms in total. The SMILES string of the molecule is CCOC(=O)C(CC1CCCCC1)C1CCCCC1. The third-order valence-electron chi connectivity index (χ3n) is 5.12. The second-order valence-electron chi connectivity index (χ2n) is 6.50. The van der Waals surface area contributed by atoms with Gasteiger partial charge in [0, 0.05) is 0 Å². The van der Waals surface area contributed by atoms with Crippen molar-refractivity contribution in [1.29, 1.82) is 0 Å². The van der Waals surface area contributed by atoms with Crippen molar-refractivity contribution in [3.63, 3.8) is 0 Å². The van der Waals surface area contributed by atoms with Gasteiger partial charge in [0.25, 0.3) is 0 Å². The fraction of sp³-hybridized carbons (Fsp3) is 0.941. The minimum absolute atomic E-state index is 0.0972. The van der Waals surface area contributed by atoms with E-state index < -0.39 is 0 Å². The van der Waals surface area contributed by atoms with E-state index in [0.717, 1.165) is 12.3 Å². The van der Waals surface area contributed by atoms with Gasteiger partial charge in [-0.15, -0.1) is 0 Å². The van der Waals surface area contributed by atoms with Gasteiger partial charge in [0.05, 0.1) is 12.5 Å². The summed E-state index contributed by atoms with van der Waals surface area (Å²) in [6.07, 6.45) is 14.4. The third-order valence-corrected chi connectivity index (χ3v) is 5.12. The summed E-state index contributed by atoms with van der Waals surface area (Å²) in [5.74, 6) is 1.68. The highest BCUT2D eigenvalue weighted by atomic mass is 16.5. The molecule has 0 heterocycles. The predicted molar refractivity (Wildman–Crippen MR) is 77.9 cm³/mol. The Morgan fingerprint density at radius 1 is 1.00 bits per heavy atom. The molecule has 2 heteroatoms. The van der Waals surface area contributed by atoms with Crippen LogP contribution in [-0.2, 0) is 9.53 Å². The number of carbonyl (C=O) groups excluding carboxylic acids is 1. The van der Waals surface area contributed by atoms with E-state index in [0.29, 0.717) is 12.5 Å². The van der Waals surface area contributed by atoms with E-state index in [2.05, 4.69) is 0 Å². The summed E-state index contributed by atoms with van der Waals surface area (Å²) in [5.41, 5.74) is 0. The number of hydrogen-bond donors (Lipinski definition) is 0. The molecule has 110 valence electrons. The summed E-state index contributed by atoms with van der Waals surface area (Å²) in [5, 5.41) is 0. The summed E-state index contributed by atoms with van der Waals surface area (Å²) in [6, 6.07) is 0. The van der Waals surface area contributed by atoms with Crippen LogP contribution in [0.25, 0.3) is 0 Å². The van der Waals surface area contributed by atoms with Crippen LogP contribution in [0.4, 0.5) is 0 Å². The topological polar surface area (TPSA) is 26.3 Å². The fourth-order valence-electron chi connectivity index (χ4n) is 4.05. The lowest BCUT2D eigenvalue weighted by Gasteiger charge is -2.32. The normalized spacial score (nSPS) is 24.1. The Morgan fingerprint density at radius 2 is 1.58 bits per heavy atom. The first-order chi connectivity index (χ1) is 9.31. The molecule has 0 aromatic heterocycles. The monoisotopic (exact) mass is 266 g/mol. The molecule has 0 radical (unpaired) electrons. The van der Waals surface area contributed by atoms with Crippen LogP contribution in [0.5, 0.6) is 0 Å². The minimum Gasteiger partial charge on any atom is -0.466 e. The summed E-state index contributed by atoms with van der Waals surface area (Å²) in [4.78, 5) is 12.3. The van der Waals surface area contributed by atoms with Crippen LogP contribution >= 0.6 is 0 Å². The maximum Gasteiger partial charge on any atom is 0.309 e. The number of rotatable bonds is 5. The van der Waals surface area contributed by atoms with Crippen LogP contribution in [0.2, 0.25) is 0 Å². The van der Waals surface area contributed by atoms with Gasteiger partial charge in [0.15, 0.2) is 0 Å². The molecule has 2 fully saturated rings. The highest BCUT2D eigenvalue weighted by Gasteiger charge is 2.32. The van der Waals surface area contributed by atoms with E-state index in [4.69, 9.17) is 4.74 Å². The van der Waals surface area contributed by atoms with Crippen molar-refractivity contribution in [2.24, 2.45) is 17.8 Å². The molecular formula is C17H30O2. The third kappa shape index (κ3) is 4.50. The lowest BCUT2D eigenvalue weighted by atomic mass is 9.73. The fourth-order valence-corrected chi connectivity index (χ4v) is 4.05. The summed E-state index contributed by atoms with van der Waals surface area (Å²) in [6.45, 7) is 2.46. The molecule has 2 saturated carbocycles. The average molecular weight is 266 g/mol. The number of esters is 1. The van der Waals surface area contributed by atoms with Crippen molar-refractivity contribution < 1.29 is 9.53 Å². The largest absolute Gasteiger partial charge is 0.466 e. The molecule has 0 aromatic rings. The maximum atomic E-state index is 12.3. The molecule has 2 aliphatic rings. The number of ether oxygens (including phenoxy) is 1. The van der Waals surface area contributed by atoms with Gasteiger partial charge in [-0.25, -0.2) is 0 Å². The summed E-state index contributed by atoms with van der Waals surface area (Å²) < 4.78 is 5.36. The first kappa shape index (κ1) is 14.9. The zero-order valence-corrected chi connectivity index (χ0v) is 12.5. The molecule has 1 atom stereocenters. The molecule has 2 aliphatic carbocycles. The lowest BCUT2D eigenvalue weighted by molar-refractivity contribution is -0.151. The van der Waals surface area contributed by atoms with Crippen LogP contribution in [0.1, 0.15) is 77.6 Å². The van der Waals surface area contributed by atoms with Crippen molar-refractivity contribution in [3.05, 3.63) is 0 Å². The van der Waals surface area contributed by atoms with Crippen molar-refractivity contribution in [1.82, 2.24) is 0 Å². The van der Waals surface area contributed by atoms with Gasteiger partial charge < -0.3 is 4.74 Å². The Balaban J connectivity index is 1.93. The van der Waals surface area contributed by atoms with E-state index in [1.165, 1.54) is 64.2 Å². The highest BCUT2D eigenvalue weighted by Crippen LogP contribution is 2.37. The molecule has 0 spiro atoms. The molecule has 0 saturated heterocycles. The summed E-state index contributed by atoms with van der Waals surface area (Å²) >= 11 is 0. The Hall–Kier alpha value is -0.530. The zero-order valence-electron chi connectivity index (χ0n) is 12.5. The molecule has 0 aromatic carbocycles. The van der Waals surface area contributed by atoms with Gasteiger partial charge in [-0.1, -0.05) is 51.4 Å². The Kier molecular flexibility index (Phi) is 6.19. The highest BCUT2D eigenvalue weighted by molar-refractivity contribution is 5.72. The standard InChI is InChI=1S/C17H30O2/c1-2-19-17(18)16(15-11-7-4-8-12-15)13-14-9-5-3-6-10-14/h14-16H,2-13H2,1H3. The van der Waals surface area contributed by atoms with E-state index in [-0.39, 0.29) is 11.9 Å². The lowest BCUT2D eigenvalue weighted by Crippen LogP contribution is -2.30. The van der Waals surface area contributed by atoms with E-state index in [1.807, 2.05) is 6.92 Å².